The number of piperazine rings is 1. The van der Waals surface area contributed by atoms with E-state index in [4.69, 9.17) is 9.47 Å². The maximum Gasteiger partial charge on any atom is 0.246 e. The minimum Gasteiger partial charge on any atom is -0.370 e. The van der Waals surface area contributed by atoms with Gasteiger partial charge < -0.3 is 19.3 Å². The number of fused-ring (bicyclic) bond motifs is 2. The third-order valence-corrected chi connectivity index (χ3v) is 13.0. The largest absolute Gasteiger partial charge is 0.370 e. The number of amides is 1. The van der Waals surface area contributed by atoms with Crippen LogP contribution in [0.1, 0.15) is 93.7 Å². The van der Waals surface area contributed by atoms with E-state index in [9.17, 15) is 10.1 Å². The first kappa shape index (κ1) is 34.1. The fourth-order valence-electron chi connectivity index (χ4n) is 10.2. The Morgan fingerprint density at radius 2 is 1.94 bits per heavy atom. The van der Waals surface area contributed by atoms with Crippen LogP contribution in [-0.2, 0) is 27.3 Å². The van der Waals surface area contributed by atoms with Crippen molar-refractivity contribution in [2.24, 2.45) is 11.8 Å². The summed E-state index contributed by atoms with van der Waals surface area (Å²) in [5.74, 6) is 0.00670. The van der Waals surface area contributed by atoms with E-state index >= 15 is 0 Å². The van der Waals surface area contributed by atoms with Crippen molar-refractivity contribution in [3.8, 4) is 6.07 Å². The minimum atomic E-state index is -0.639. The SMILES string of the molecule is C=CC(=O)N1CCN(C2NC(OCC3CCCN3C)(C3CCCCCC3)NC3C[C@@]4(CCC32)Cc2c(C)cccc2CO4)CC1CC#N. The van der Waals surface area contributed by atoms with Gasteiger partial charge in [-0.05, 0) is 88.2 Å². The molecular weight excluding hydrogens is 600 g/mol. The van der Waals surface area contributed by atoms with Gasteiger partial charge >= 0.3 is 0 Å². The van der Waals surface area contributed by atoms with Crippen LogP contribution in [0.25, 0.3) is 0 Å². The summed E-state index contributed by atoms with van der Waals surface area (Å²) in [4.78, 5) is 19.7. The van der Waals surface area contributed by atoms with E-state index < -0.39 is 5.85 Å². The molecule has 4 heterocycles. The van der Waals surface area contributed by atoms with Gasteiger partial charge in [-0.15, -0.1) is 0 Å². The molecule has 5 fully saturated rings. The Labute approximate surface area is 288 Å². The van der Waals surface area contributed by atoms with Crippen LogP contribution in [0.4, 0.5) is 0 Å². The number of likely N-dealkylation sites (tertiary alicyclic amines) is 1. The fraction of sp³-hybridized carbons (Fsp3) is 0.744. The van der Waals surface area contributed by atoms with Crippen molar-refractivity contribution >= 4 is 5.91 Å². The van der Waals surface area contributed by atoms with E-state index in [0.29, 0.717) is 50.6 Å². The number of nitriles is 1. The molecule has 3 saturated heterocycles. The molecule has 7 rings (SSSR count). The maximum absolute atomic E-state index is 12.8. The quantitative estimate of drug-likeness (QED) is 0.318. The lowest BCUT2D eigenvalue weighted by Crippen LogP contribution is -2.80. The van der Waals surface area contributed by atoms with Gasteiger partial charge in [0.15, 0.2) is 5.85 Å². The molecule has 7 atom stereocenters. The normalized spacial score (nSPS) is 36.6. The van der Waals surface area contributed by atoms with E-state index in [0.717, 1.165) is 51.6 Å². The van der Waals surface area contributed by atoms with Crippen LogP contribution in [0.15, 0.2) is 30.9 Å². The average Bonchev–Trinajstić information content (AvgIpc) is 3.31. The second kappa shape index (κ2) is 14.5. The summed E-state index contributed by atoms with van der Waals surface area (Å²) in [6.45, 7) is 10.6. The van der Waals surface area contributed by atoms with Crippen molar-refractivity contribution in [3.63, 3.8) is 0 Å². The van der Waals surface area contributed by atoms with Crippen molar-refractivity contribution in [1.29, 1.82) is 5.26 Å². The van der Waals surface area contributed by atoms with E-state index in [-0.39, 0.29) is 29.8 Å². The van der Waals surface area contributed by atoms with Crippen LogP contribution in [0.5, 0.6) is 0 Å². The number of hydrogen-bond donors (Lipinski definition) is 2. The molecule has 6 unspecified atom stereocenters. The first-order chi connectivity index (χ1) is 23.3. The van der Waals surface area contributed by atoms with Gasteiger partial charge in [-0.3, -0.25) is 20.3 Å². The van der Waals surface area contributed by atoms with Crippen molar-refractivity contribution in [3.05, 3.63) is 47.5 Å². The molecule has 262 valence electrons. The molecule has 9 nitrogen and oxygen atoms in total. The molecule has 48 heavy (non-hydrogen) atoms. The number of hydrogen-bond acceptors (Lipinski definition) is 8. The van der Waals surface area contributed by atoms with Gasteiger partial charge in [-0.25, -0.2) is 0 Å². The number of carbonyl (C=O) groups is 1. The Kier molecular flexibility index (Phi) is 10.3. The molecule has 9 heteroatoms. The van der Waals surface area contributed by atoms with Gasteiger partial charge in [-0.1, -0.05) is 50.5 Å². The van der Waals surface area contributed by atoms with Crippen LogP contribution in [0.2, 0.25) is 0 Å². The highest BCUT2D eigenvalue weighted by molar-refractivity contribution is 5.87. The molecule has 2 N–H and O–H groups in total. The van der Waals surface area contributed by atoms with Crippen molar-refractivity contribution in [1.82, 2.24) is 25.3 Å². The fourth-order valence-corrected chi connectivity index (χ4v) is 10.2. The molecule has 1 spiro atoms. The summed E-state index contributed by atoms with van der Waals surface area (Å²) >= 11 is 0. The third kappa shape index (κ3) is 6.74. The second-order valence-corrected chi connectivity index (χ2v) is 15.9. The van der Waals surface area contributed by atoms with E-state index in [1.54, 1.807) is 0 Å². The first-order valence-corrected chi connectivity index (χ1v) is 19.0. The number of benzene rings is 1. The molecular formula is C39H58N6O3. The lowest BCUT2D eigenvalue weighted by Gasteiger charge is -2.60. The third-order valence-electron chi connectivity index (χ3n) is 13.0. The van der Waals surface area contributed by atoms with Crippen molar-refractivity contribution in [2.45, 2.75) is 133 Å². The number of carbonyl (C=O) groups excluding carboxylic acids is 1. The van der Waals surface area contributed by atoms with Crippen LogP contribution < -0.4 is 10.6 Å². The topological polar surface area (TPSA) is 93.1 Å². The second-order valence-electron chi connectivity index (χ2n) is 15.9. The molecule has 2 saturated carbocycles. The summed E-state index contributed by atoms with van der Waals surface area (Å²) < 4.78 is 14.2. The number of nitrogens with zero attached hydrogens (tertiary/aromatic N) is 4. The lowest BCUT2D eigenvalue weighted by atomic mass is 9.68. The van der Waals surface area contributed by atoms with Gasteiger partial charge in [0.2, 0.25) is 5.91 Å². The van der Waals surface area contributed by atoms with Crippen LogP contribution in [0, 0.1) is 30.1 Å². The Morgan fingerprint density at radius 1 is 1.10 bits per heavy atom. The summed E-state index contributed by atoms with van der Waals surface area (Å²) in [6, 6.07) is 9.52. The Balaban J connectivity index is 1.22. The zero-order valence-corrected chi connectivity index (χ0v) is 29.4. The Morgan fingerprint density at radius 3 is 2.69 bits per heavy atom. The van der Waals surface area contributed by atoms with Gasteiger partial charge in [0.25, 0.3) is 0 Å². The minimum absolute atomic E-state index is 0.0764. The number of likely N-dealkylation sites (N-methyl/N-ethyl adjacent to an activating group) is 1. The molecule has 0 bridgehead atoms. The number of nitrogens with one attached hydrogen (secondary N) is 2. The highest BCUT2D eigenvalue weighted by Gasteiger charge is 2.56. The zero-order chi connectivity index (χ0) is 33.3. The number of ether oxygens (including phenoxy) is 2. The summed E-state index contributed by atoms with van der Waals surface area (Å²) in [5, 5.41) is 18.3. The number of rotatable bonds is 7. The molecule has 6 aliphatic rings. The maximum atomic E-state index is 12.8. The highest BCUT2D eigenvalue weighted by Crippen LogP contribution is 2.47. The molecule has 0 radical (unpaired) electrons. The van der Waals surface area contributed by atoms with Crippen molar-refractivity contribution in [2.75, 3.05) is 39.8 Å². The molecule has 1 aromatic carbocycles. The lowest BCUT2D eigenvalue weighted by molar-refractivity contribution is -0.217. The standard InChI is InChI=1S/C39H58N6O3/c1-4-36(46)45-22-21-44(25-31(45)17-19-40)37-33-16-18-38(23-34-28(2)11-9-12-29(34)26-47-38)24-35(33)41-39(42-37,30-13-7-5-6-8-14-30)48-27-32-15-10-20-43(32)3/h4,9,11-12,30-33,35,37,41-42H,1,5-8,10,13-18,20-27H2,2-3H3/t31?,32?,33?,35?,37?,38-,39?/m1/s1. The number of aryl methyl sites for hydroxylation is 1. The Hall–Kier alpha value is -2.32. The first-order valence-electron chi connectivity index (χ1n) is 19.0. The monoisotopic (exact) mass is 658 g/mol. The predicted molar refractivity (Wildman–Crippen MR) is 187 cm³/mol. The van der Waals surface area contributed by atoms with Crippen LogP contribution in [0.3, 0.4) is 0 Å². The summed E-state index contributed by atoms with van der Waals surface area (Å²) in [7, 11) is 2.24. The van der Waals surface area contributed by atoms with Gasteiger partial charge in [0.05, 0.1) is 43.5 Å². The highest BCUT2D eigenvalue weighted by atomic mass is 16.5. The molecule has 1 amide bonds. The molecule has 4 aliphatic heterocycles. The smallest absolute Gasteiger partial charge is 0.246 e. The van der Waals surface area contributed by atoms with Gasteiger partial charge in [0, 0.05) is 50.0 Å². The zero-order valence-electron chi connectivity index (χ0n) is 29.4. The summed E-state index contributed by atoms with van der Waals surface area (Å²) in [5.41, 5.74) is 4.01. The average molecular weight is 659 g/mol. The van der Waals surface area contributed by atoms with Crippen LogP contribution >= 0.6 is 0 Å². The van der Waals surface area contributed by atoms with E-state index in [2.05, 4.69) is 65.3 Å². The van der Waals surface area contributed by atoms with Gasteiger partial charge in [0.1, 0.15) is 0 Å². The Bertz CT molecular complexity index is 1360. The molecule has 1 aromatic rings. The van der Waals surface area contributed by atoms with E-state index in [1.165, 1.54) is 61.3 Å². The van der Waals surface area contributed by atoms with Crippen LogP contribution in [-0.4, -0.2) is 96.2 Å². The predicted octanol–water partition coefficient (Wildman–Crippen LogP) is 4.84. The van der Waals surface area contributed by atoms with Gasteiger partial charge in [-0.2, -0.15) is 5.26 Å². The van der Waals surface area contributed by atoms with Crippen molar-refractivity contribution < 1.29 is 14.3 Å². The molecule has 0 aromatic heterocycles. The molecule has 2 aliphatic carbocycles. The van der Waals surface area contributed by atoms with E-state index in [1.807, 2.05) is 4.90 Å². The summed E-state index contributed by atoms with van der Waals surface area (Å²) in [6.07, 6.45) is 15.6.